The van der Waals surface area contributed by atoms with Crippen molar-refractivity contribution in [2.24, 2.45) is 5.10 Å². The van der Waals surface area contributed by atoms with Gasteiger partial charge in [-0.3, -0.25) is 4.79 Å². The normalized spacial score (nSPS) is 20.5. The molecule has 130 valence electrons. The first-order valence-electron chi connectivity index (χ1n) is 7.25. The average molecular weight is 369 g/mol. The van der Waals surface area contributed by atoms with Crippen LogP contribution in [0.15, 0.2) is 59.7 Å². The minimum absolute atomic E-state index is 0.0503. The maximum Gasteiger partial charge on any atom is 0.431 e. The first kappa shape index (κ1) is 17.4. The fourth-order valence-electron chi connectivity index (χ4n) is 2.60. The molecule has 0 aliphatic carbocycles. The van der Waals surface area contributed by atoms with Crippen LogP contribution in [-0.4, -0.2) is 27.9 Å². The summed E-state index contributed by atoms with van der Waals surface area (Å²) in [5.41, 5.74) is -3.41. The third kappa shape index (κ3) is 3.12. The maximum atomic E-state index is 13.1. The van der Waals surface area contributed by atoms with Gasteiger partial charge >= 0.3 is 6.18 Å². The lowest BCUT2D eigenvalue weighted by atomic mass is 9.96. The zero-order chi connectivity index (χ0) is 18.2. The number of rotatable bonds is 2. The molecular weight excluding hydrogens is 357 g/mol. The fourth-order valence-corrected chi connectivity index (χ4v) is 2.81. The molecule has 1 amide bonds. The van der Waals surface area contributed by atoms with E-state index >= 15 is 0 Å². The van der Waals surface area contributed by atoms with Gasteiger partial charge in [-0.05, 0) is 12.1 Å². The smallest absolute Gasteiger partial charge is 0.365 e. The summed E-state index contributed by atoms with van der Waals surface area (Å²) in [7, 11) is 0. The summed E-state index contributed by atoms with van der Waals surface area (Å²) in [6.07, 6.45) is -5.63. The Morgan fingerprint density at radius 3 is 2.32 bits per heavy atom. The second kappa shape index (κ2) is 6.16. The van der Waals surface area contributed by atoms with Crippen LogP contribution in [0.5, 0.6) is 0 Å². The molecule has 1 aliphatic heterocycles. The molecule has 2 aromatic rings. The lowest BCUT2D eigenvalue weighted by Crippen LogP contribution is -2.43. The van der Waals surface area contributed by atoms with Gasteiger partial charge in [0, 0.05) is 5.56 Å². The summed E-state index contributed by atoms with van der Waals surface area (Å²) in [6, 6.07) is 13.5. The molecule has 25 heavy (non-hydrogen) atoms. The van der Waals surface area contributed by atoms with Crippen LogP contribution in [0, 0.1) is 0 Å². The molecule has 3 rings (SSSR count). The van der Waals surface area contributed by atoms with Gasteiger partial charge in [-0.25, -0.2) is 0 Å². The summed E-state index contributed by atoms with van der Waals surface area (Å²) < 4.78 is 39.4. The highest BCUT2D eigenvalue weighted by molar-refractivity contribution is 6.33. The molecule has 0 fully saturated rings. The molecule has 8 heteroatoms. The molecule has 0 aromatic heterocycles. The summed E-state index contributed by atoms with van der Waals surface area (Å²) in [5.74, 6) is -0.920. The summed E-state index contributed by atoms with van der Waals surface area (Å²) in [4.78, 5) is 12.7. The number of carbonyl (C=O) groups is 1. The van der Waals surface area contributed by atoms with Crippen molar-refractivity contribution in [3.8, 4) is 0 Å². The number of carbonyl (C=O) groups excluding carboxylic acids is 1. The van der Waals surface area contributed by atoms with E-state index in [4.69, 9.17) is 11.6 Å². The van der Waals surface area contributed by atoms with Crippen molar-refractivity contribution in [3.05, 3.63) is 70.7 Å². The van der Waals surface area contributed by atoms with E-state index in [2.05, 4.69) is 5.10 Å². The number of halogens is 4. The Morgan fingerprint density at radius 2 is 1.72 bits per heavy atom. The molecule has 0 unspecified atom stereocenters. The van der Waals surface area contributed by atoms with Crippen molar-refractivity contribution in [2.75, 3.05) is 0 Å². The summed E-state index contributed by atoms with van der Waals surface area (Å²) >= 11 is 5.96. The lowest BCUT2D eigenvalue weighted by molar-refractivity contribution is -0.0815. The molecule has 2 aromatic carbocycles. The van der Waals surface area contributed by atoms with E-state index in [1.165, 1.54) is 30.3 Å². The van der Waals surface area contributed by atoms with Gasteiger partial charge in [0.05, 0.1) is 17.0 Å². The lowest BCUT2D eigenvalue weighted by Gasteiger charge is -2.31. The summed E-state index contributed by atoms with van der Waals surface area (Å²) in [6.45, 7) is 0. The number of hydrogen-bond donors (Lipinski definition) is 1. The van der Waals surface area contributed by atoms with Crippen molar-refractivity contribution in [2.45, 2.75) is 18.3 Å². The molecule has 0 spiro atoms. The number of hydrogen-bond acceptors (Lipinski definition) is 3. The Kier molecular flexibility index (Phi) is 4.30. The van der Waals surface area contributed by atoms with Crippen LogP contribution in [0.4, 0.5) is 13.2 Å². The van der Waals surface area contributed by atoms with Crippen molar-refractivity contribution in [1.29, 1.82) is 0 Å². The zero-order valence-corrected chi connectivity index (χ0v) is 13.4. The van der Waals surface area contributed by atoms with E-state index in [0.717, 1.165) is 0 Å². The Morgan fingerprint density at radius 1 is 1.12 bits per heavy atom. The second-order valence-electron chi connectivity index (χ2n) is 5.50. The highest BCUT2D eigenvalue weighted by atomic mass is 35.5. The molecule has 0 saturated carbocycles. The Balaban J connectivity index is 2.10. The Hall–Kier alpha value is -2.38. The summed E-state index contributed by atoms with van der Waals surface area (Å²) in [5, 5.41) is 14.8. The SMILES string of the molecule is O=C(c1ccccc1Cl)N1N=C(C(F)(F)F)C[C@@]1(O)c1ccccc1. The fraction of sp³-hybridized carbons (Fsp3) is 0.176. The van der Waals surface area contributed by atoms with Crippen LogP contribution in [-0.2, 0) is 5.72 Å². The van der Waals surface area contributed by atoms with Crippen LogP contribution < -0.4 is 0 Å². The van der Waals surface area contributed by atoms with Crippen molar-refractivity contribution in [3.63, 3.8) is 0 Å². The second-order valence-corrected chi connectivity index (χ2v) is 5.91. The number of aliphatic hydroxyl groups is 1. The number of hydrazone groups is 1. The highest BCUT2D eigenvalue weighted by Gasteiger charge is 2.53. The van der Waals surface area contributed by atoms with Crippen molar-refractivity contribution in [1.82, 2.24) is 5.01 Å². The first-order chi connectivity index (χ1) is 11.7. The van der Waals surface area contributed by atoms with E-state index in [9.17, 15) is 23.1 Å². The largest absolute Gasteiger partial charge is 0.431 e. The molecule has 1 aliphatic rings. The van der Waals surface area contributed by atoms with Gasteiger partial charge in [0.2, 0.25) is 0 Å². The molecule has 0 radical (unpaired) electrons. The molecule has 0 bridgehead atoms. The molecule has 0 saturated heterocycles. The molecule has 1 heterocycles. The van der Waals surface area contributed by atoms with Crippen LogP contribution in [0.3, 0.4) is 0 Å². The van der Waals surface area contributed by atoms with E-state index in [1.807, 2.05) is 0 Å². The number of alkyl halides is 3. The van der Waals surface area contributed by atoms with E-state index in [1.54, 1.807) is 24.3 Å². The van der Waals surface area contributed by atoms with Crippen LogP contribution in [0.1, 0.15) is 22.3 Å². The van der Waals surface area contributed by atoms with Gasteiger partial charge in [0.25, 0.3) is 5.91 Å². The van der Waals surface area contributed by atoms with Crippen LogP contribution in [0.25, 0.3) is 0 Å². The molecule has 1 atom stereocenters. The number of benzene rings is 2. The quantitative estimate of drug-likeness (QED) is 0.872. The number of amides is 1. The highest BCUT2D eigenvalue weighted by Crippen LogP contribution is 2.40. The zero-order valence-electron chi connectivity index (χ0n) is 12.7. The minimum atomic E-state index is -4.77. The van der Waals surface area contributed by atoms with Crippen molar-refractivity contribution < 1.29 is 23.1 Å². The third-order valence-corrected chi connectivity index (χ3v) is 4.17. The standard InChI is InChI=1S/C17H12ClF3N2O2/c18-13-9-5-4-8-12(13)15(24)23-16(25,11-6-2-1-3-7-11)10-14(22-23)17(19,20)21/h1-9,25H,10H2/t16-/m1/s1. The topological polar surface area (TPSA) is 52.9 Å². The monoisotopic (exact) mass is 368 g/mol. The predicted octanol–water partition coefficient (Wildman–Crippen LogP) is 3.95. The van der Waals surface area contributed by atoms with Gasteiger partial charge in [0.1, 0.15) is 5.71 Å². The predicted molar refractivity (Wildman–Crippen MR) is 86.1 cm³/mol. The number of nitrogens with zero attached hydrogens (tertiary/aromatic N) is 2. The Labute approximate surface area is 146 Å². The van der Waals surface area contributed by atoms with Crippen LogP contribution in [0.2, 0.25) is 5.02 Å². The van der Waals surface area contributed by atoms with Gasteiger partial charge in [-0.2, -0.15) is 23.3 Å². The van der Waals surface area contributed by atoms with Gasteiger partial charge in [-0.1, -0.05) is 54.1 Å². The Bertz CT molecular complexity index is 839. The van der Waals surface area contributed by atoms with Gasteiger partial charge < -0.3 is 5.11 Å². The van der Waals surface area contributed by atoms with Crippen LogP contribution >= 0.6 is 11.6 Å². The first-order valence-corrected chi connectivity index (χ1v) is 7.63. The average Bonchev–Trinajstić information content (AvgIpc) is 2.95. The van der Waals surface area contributed by atoms with E-state index in [0.29, 0.717) is 5.01 Å². The molecule has 1 N–H and O–H groups in total. The third-order valence-electron chi connectivity index (χ3n) is 3.85. The van der Waals surface area contributed by atoms with Crippen molar-refractivity contribution >= 4 is 23.2 Å². The van der Waals surface area contributed by atoms with Gasteiger partial charge in [0.15, 0.2) is 5.72 Å². The van der Waals surface area contributed by atoms with E-state index < -0.39 is 29.9 Å². The molecular formula is C17H12ClF3N2O2. The minimum Gasteiger partial charge on any atom is -0.365 e. The molecule has 4 nitrogen and oxygen atoms in total. The van der Waals surface area contributed by atoms with E-state index in [-0.39, 0.29) is 16.1 Å². The maximum absolute atomic E-state index is 13.1. The van der Waals surface area contributed by atoms with Gasteiger partial charge in [-0.15, -0.1) is 0 Å².